The number of hydrogen-bond donors (Lipinski definition) is 0. The van der Waals surface area contributed by atoms with E-state index in [0.717, 1.165) is 23.4 Å². The smallest absolute Gasteiger partial charge is 0.322 e. The minimum Gasteiger partial charge on any atom is -0.322 e. The van der Waals surface area contributed by atoms with Gasteiger partial charge in [0.1, 0.15) is 5.37 Å². The number of benzene rings is 1. The average Bonchev–Trinajstić information content (AvgIpc) is 3.04. The average molecular weight is 338 g/mol. The Labute approximate surface area is 135 Å². The van der Waals surface area contributed by atoms with Gasteiger partial charge in [-0.3, -0.25) is 9.78 Å². The van der Waals surface area contributed by atoms with E-state index in [2.05, 4.69) is 4.98 Å². The van der Waals surface area contributed by atoms with Crippen molar-refractivity contribution >= 4 is 17.7 Å². The van der Waals surface area contributed by atoms with E-state index in [1.54, 1.807) is 29.1 Å². The number of carbonyl (C=O) groups is 1. The molecule has 1 aliphatic rings. The highest BCUT2D eigenvalue weighted by molar-refractivity contribution is 7.99. The van der Waals surface area contributed by atoms with Gasteiger partial charge in [0.25, 0.3) is 5.91 Å². The molecule has 2 aromatic rings. The maximum absolute atomic E-state index is 12.8. The second-order valence-electron chi connectivity index (χ2n) is 5.08. The van der Waals surface area contributed by atoms with Gasteiger partial charge in [-0.05, 0) is 35.9 Å². The maximum atomic E-state index is 12.8. The summed E-state index contributed by atoms with van der Waals surface area (Å²) in [6, 6.07) is 8.19. The van der Waals surface area contributed by atoms with Crippen LogP contribution in [0, 0.1) is 0 Å². The minimum atomic E-state index is -4.46. The van der Waals surface area contributed by atoms with Crippen LogP contribution in [-0.2, 0) is 6.18 Å². The highest BCUT2D eigenvalue weighted by Gasteiger charge is 2.34. The number of alkyl halides is 3. The van der Waals surface area contributed by atoms with Crippen molar-refractivity contribution < 1.29 is 18.0 Å². The maximum Gasteiger partial charge on any atom is 0.416 e. The number of carbonyl (C=O) groups excluding carboxylic acids is 1. The number of aromatic nitrogens is 1. The van der Waals surface area contributed by atoms with Gasteiger partial charge < -0.3 is 4.90 Å². The lowest BCUT2D eigenvalue weighted by atomic mass is 10.1. The minimum absolute atomic E-state index is 0.0568. The summed E-state index contributed by atoms with van der Waals surface area (Å²) >= 11 is 1.59. The molecule has 7 heteroatoms. The van der Waals surface area contributed by atoms with Crippen LogP contribution in [0.1, 0.15) is 26.9 Å². The fourth-order valence-electron chi connectivity index (χ4n) is 2.48. The molecule has 0 saturated carbocycles. The molecule has 3 nitrogen and oxygen atoms in total. The monoisotopic (exact) mass is 338 g/mol. The SMILES string of the molecule is O=C(c1cccc(C(F)(F)F)c1)N1CCSC1c1ccncc1. The summed E-state index contributed by atoms with van der Waals surface area (Å²) in [4.78, 5) is 18.2. The number of hydrogen-bond acceptors (Lipinski definition) is 3. The van der Waals surface area contributed by atoms with E-state index in [-0.39, 0.29) is 16.8 Å². The van der Waals surface area contributed by atoms with Gasteiger partial charge in [-0.1, -0.05) is 6.07 Å². The Morgan fingerprint density at radius 1 is 1.22 bits per heavy atom. The molecule has 1 amide bonds. The van der Waals surface area contributed by atoms with E-state index in [1.165, 1.54) is 12.1 Å². The van der Waals surface area contributed by atoms with E-state index >= 15 is 0 Å². The molecule has 120 valence electrons. The summed E-state index contributed by atoms with van der Waals surface area (Å²) in [6.07, 6.45) is -1.18. The second-order valence-corrected chi connectivity index (χ2v) is 6.27. The lowest BCUT2D eigenvalue weighted by Crippen LogP contribution is -2.30. The second kappa shape index (κ2) is 6.23. The van der Waals surface area contributed by atoms with Gasteiger partial charge in [0.2, 0.25) is 0 Å². The van der Waals surface area contributed by atoms with Crippen LogP contribution in [0.5, 0.6) is 0 Å². The van der Waals surface area contributed by atoms with Crippen LogP contribution in [0.2, 0.25) is 0 Å². The fraction of sp³-hybridized carbons (Fsp3) is 0.250. The quantitative estimate of drug-likeness (QED) is 0.830. The summed E-state index contributed by atoms with van der Waals surface area (Å²) < 4.78 is 38.4. The molecule has 0 aliphatic carbocycles. The fourth-order valence-corrected chi connectivity index (χ4v) is 3.73. The topological polar surface area (TPSA) is 33.2 Å². The van der Waals surface area contributed by atoms with E-state index in [0.29, 0.717) is 6.54 Å². The Balaban J connectivity index is 1.88. The molecule has 1 fully saturated rings. The van der Waals surface area contributed by atoms with Gasteiger partial charge in [0.15, 0.2) is 0 Å². The van der Waals surface area contributed by atoms with E-state index in [1.807, 2.05) is 12.1 Å². The Morgan fingerprint density at radius 3 is 2.65 bits per heavy atom. The Hall–Kier alpha value is -2.02. The molecular formula is C16H13F3N2OS. The van der Waals surface area contributed by atoms with Crippen molar-refractivity contribution in [2.75, 3.05) is 12.3 Å². The molecule has 0 N–H and O–H groups in total. The van der Waals surface area contributed by atoms with E-state index in [9.17, 15) is 18.0 Å². The van der Waals surface area contributed by atoms with Crippen LogP contribution < -0.4 is 0 Å². The van der Waals surface area contributed by atoms with Crippen LogP contribution in [0.4, 0.5) is 13.2 Å². The number of rotatable bonds is 2. The normalized spacial score (nSPS) is 18.2. The zero-order valence-corrected chi connectivity index (χ0v) is 12.8. The first-order chi connectivity index (χ1) is 11.0. The summed E-state index contributed by atoms with van der Waals surface area (Å²) in [5.74, 6) is 0.362. The van der Waals surface area contributed by atoms with Crippen molar-refractivity contribution in [1.29, 1.82) is 0 Å². The predicted octanol–water partition coefficient (Wildman–Crippen LogP) is 3.99. The molecule has 1 aliphatic heterocycles. The summed E-state index contributed by atoms with van der Waals surface area (Å²) in [5, 5.41) is -0.194. The van der Waals surface area contributed by atoms with Crippen molar-refractivity contribution in [3.8, 4) is 0 Å². The molecule has 1 aromatic carbocycles. The van der Waals surface area contributed by atoms with Crippen LogP contribution in [0.3, 0.4) is 0 Å². The third-order valence-corrected chi connectivity index (χ3v) is 4.84. The molecular weight excluding hydrogens is 325 g/mol. The van der Waals surface area contributed by atoms with Crippen molar-refractivity contribution in [3.05, 3.63) is 65.5 Å². The number of halogens is 3. The molecule has 23 heavy (non-hydrogen) atoms. The van der Waals surface area contributed by atoms with Gasteiger partial charge in [-0.2, -0.15) is 13.2 Å². The van der Waals surface area contributed by atoms with Gasteiger partial charge >= 0.3 is 6.18 Å². The third-order valence-electron chi connectivity index (χ3n) is 3.58. The van der Waals surface area contributed by atoms with Crippen molar-refractivity contribution in [3.63, 3.8) is 0 Å². The first-order valence-corrected chi connectivity index (χ1v) is 8.01. The molecule has 1 atom stereocenters. The van der Waals surface area contributed by atoms with Crippen molar-refractivity contribution in [2.24, 2.45) is 0 Å². The Kier molecular flexibility index (Phi) is 4.30. The number of nitrogens with zero attached hydrogens (tertiary/aromatic N) is 2. The molecule has 0 radical (unpaired) electrons. The first kappa shape index (κ1) is 15.9. The molecule has 0 spiro atoms. The van der Waals surface area contributed by atoms with Crippen LogP contribution in [0.15, 0.2) is 48.8 Å². The summed E-state index contributed by atoms with van der Waals surface area (Å²) in [5.41, 5.74) is 0.167. The van der Waals surface area contributed by atoms with Crippen LogP contribution >= 0.6 is 11.8 Å². The summed E-state index contributed by atoms with van der Waals surface area (Å²) in [6.45, 7) is 0.507. The molecule has 1 aromatic heterocycles. The third kappa shape index (κ3) is 3.34. The number of pyridine rings is 1. The molecule has 0 bridgehead atoms. The van der Waals surface area contributed by atoms with Crippen LogP contribution in [0.25, 0.3) is 0 Å². The standard InChI is InChI=1S/C16H13F3N2OS/c17-16(18,19)13-3-1-2-12(10-13)14(22)21-8-9-23-15(21)11-4-6-20-7-5-11/h1-7,10,15H,8-9H2. The largest absolute Gasteiger partial charge is 0.416 e. The highest BCUT2D eigenvalue weighted by Crippen LogP contribution is 2.39. The zero-order valence-electron chi connectivity index (χ0n) is 12.0. The van der Waals surface area contributed by atoms with E-state index < -0.39 is 11.7 Å². The Morgan fingerprint density at radius 2 is 1.96 bits per heavy atom. The highest BCUT2D eigenvalue weighted by atomic mass is 32.2. The van der Waals surface area contributed by atoms with Gasteiger partial charge in [0, 0.05) is 30.3 Å². The zero-order chi connectivity index (χ0) is 16.4. The van der Waals surface area contributed by atoms with Crippen LogP contribution in [-0.4, -0.2) is 28.1 Å². The molecule has 1 unspecified atom stereocenters. The molecule has 2 heterocycles. The van der Waals surface area contributed by atoms with E-state index in [4.69, 9.17) is 0 Å². The van der Waals surface area contributed by atoms with Crippen molar-refractivity contribution in [1.82, 2.24) is 9.88 Å². The first-order valence-electron chi connectivity index (χ1n) is 6.96. The molecule has 3 rings (SSSR count). The molecule has 1 saturated heterocycles. The van der Waals surface area contributed by atoms with Gasteiger partial charge in [0.05, 0.1) is 5.56 Å². The Bertz CT molecular complexity index is 706. The lowest BCUT2D eigenvalue weighted by molar-refractivity contribution is -0.137. The van der Waals surface area contributed by atoms with Gasteiger partial charge in [-0.25, -0.2) is 0 Å². The lowest BCUT2D eigenvalue weighted by Gasteiger charge is -2.24. The number of amides is 1. The van der Waals surface area contributed by atoms with Crippen molar-refractivity contribution in [2.45, 2.75) is 11.6 Å². The predicted molar refractivity (Wildman–Crippen MR) is 81.9 cm³/mol. The van der Waals surface area contributed by atoms with Gasteiger partial charge in [-0.15, -0.1) is 11.8 Å². The number of thioether (sulfide) groups is 1. The summed E-state index contributed by atoms with van der Waals surface area (Å²) in [7, 11) is 0.